The Labute approximate surface area is 98.4 Å². The maximum Gasteiger partial charge on any atom is 0.309 e. The second-order valence-corrected chi connectivity index (χ2v) is 5.29. The van der Waals surface area contributed by atoms with E-state index in [-0.39, 0.29) is 6.42 Å². The molecule has 0 aliphatic carbocycles. The number of aliphatic carboxylic acids is 1. The molecule has 1 fully saturated rings. The zero-order chi connectivity index (χ0) is 11.4. The van der Waals surface area contributed by atoms with E-state index in [4.69, 9.17) is 9.52 Å². The van der Waals surface area contributed by atoms with Crippen LogP contribution >= 0.6 is 11.8 Å². The third-order valence-electron chi connectivity index (χ3n) is 2.74. The minimum absolute atomic E-state index is 0.0516. The van der Waals surface area contributed by atoms with E-state index < -0.39 is 5.97 Å². The number of nitrogens with zero attached hydrogens (tertiary/aromatic N) is 1. The van der Waals surface area contributed by atoms with Gasteiger partial charge in [0, 0.05) is 6.42 Å². The van der Waals surface area contributed by atoms with Crippen LogP contribution in [0.1, 0.15) is 24.4 Å². The molecule has 0 amide bonds. The fourth-order valence-electron chi connectivity index (χ4n) is 1.88. The summed E-state index contributed by atoms with van der Waals surface area (Å²) in [6.07, 6.45) is 4.67. The molecule has 2 heterocycles. The van der Waals surface area contributed by atoms with Crippen molar-refractivity contribution in [3.05, 3.63) is 17.8 Å². The van der Waals surface area contributed by atoms with Gasteiger partial charge in [-0.2, -0.15) is 11.8 Å². The van der Waals surface area contributed by atoms with Crippen molar-refractivity contribution in [2.45, 2.75) is 25.7 Å². The first kappa shape index (κ1) is 11.5. The van der Waals surface area contributed by atoms with Crippen LogP contribution in [0.25, 0.3) is 0 Å². The third kappa shape index (κ3) is 3.27. The zero-order valence-electron chi connectivity index (χ0n) is 9.02. The molecule has 0 atom stereocenters. The first-order valence-electron chi connectivity index (χ1n) is 5.47. The van der Waals surface area contributed by atoms with Crippen LogP contribution in [0.4, 0.5) is 0 Å². The highest BCUT2D eigenvalue weighted by molar-refractivity contribution is 7.99. The van der Waals surface area contributed by atoms with Crippen LogP contribution in [0.2, 0.25) is 0 Å². The molecule has 1 aliphatic rings. The third-order valence-corrected chi connectivity index (χ3v) is 3.78. The molecular weight excluding hydrogens is 226 g/mol. The largest absolute Gasteiger partial charge is 0.481 e. The van der Waals surface area contributed by atoms with Gasteiger partial charge in [0.2, 0.25) is 0 Å². The fraction of sp³-hybridized carbons (Fsp3) is 0.636. The fourth-order valence-corrected chi connectivity index (χ4v) is 3.08. The van der Waals surface area contributed by atoms with E-state index in [0.29, 0.717) is 17.5 Å². The van der Waals surface area contributed by atoms with Crippen molar-refractivity contribution in [2.24, 2.45) is 5.92 Å². The number of hydrogen-bond donors (Lipinski definition) is 1. The van der Waals surface area contributed by atoms with Crippen LogP contribution in [-0.4, -0.2) is 27.6 Å². The van der Waals surface area contributed by atoms with Crippen molar-refractivity contribution in [2.75, 3.05) is 11.5 Å². The van der Waals surface area contributed by atoms with Crippen LogP contribution < -0.4 is 0 Å². The minimum Gasteiger partial charge on any atom is -0.481 e. The summed E-state index contributed by atoms with van der Waals surface area (Å²) >= 11 is 1.99. The number of aromatic nitrogens is 1. The quantitative estimate of drug-likeness (QED) is 0.873. The summed E-state index contributed by atoms with van der Waals surface area (Å²) in [6, 6.07) is 0. The molecule has 1 aromatic rings. The molecule has 1 aliphatic heterocycles. The van der Waals surface area contributed by atoms with E-state index in [1.807, 2.05) is 11.8 Å². The number of thioether (sulfide) groups is 1. The highest BCUT2D eigenvalue weighted by atomic mass is 32.2. The van der Waals surface area contributed by atoms with E-state index in [1.165, 1.54) is 30.6 Å². The van der Waals surface area contributed by atoms with E-state index in [1.54, 1.807) is 0 Å². The first-order chi connectivity index (χ1) is 7.74. The second kappa shape index (κ2) is 5.39. The van der Waals surface area contributed by atoms with Crippen LogP contribution in [0.5, 0.6) is 0 Å². The average molecular weight is 241 g/mol. The summed E-state index contributed by atoms with van der Waals surface area (Å²) in [6.45, 7) is 0. The molecule has 0 spiro atoms. The molecule has 0 unspecified atom stereocenters. The zero-order valence-corrected chi connectivity index (χ0v) is 9.83. The molecule has 4 nitrogen and oxygen atoms in total. The smallest absolute Gasteiger partial charge is 0.309 e. The molecule has 1 aromatic heterocycles. The Kier molecular flexibility index (Phi) is 3.88. The Bertz CT molecular complexity index is 358. The molecule has 1 N–H and O–H groups in total. The normalized spacial score (nSPS) is 17.5. The summed E-state index contributed by atoms with van der Waals surface area (Å²) in [5, 5.41) is 8.61. The lowest BCUT2D eigenvalue weighted by Crippen LogP contribution is -2.12. The van der Waals surface area contributed by atoms with Crippen molar-refractivity contribution in [1.82, 2.24) is 4.98 Å². The summed E-state index contributed by atoms with van der Waals surface area (Å²) < 4.78 is 5.29. The van der Waals surface area contributed by atoms with Gasteiger partial charge in [0.05, 0.1) is 12.1 Å². The molecule has 0 bridgehead atoms. The minimum atomic E-state index is -0.867. The summed E-state index contributed by atoms with van der Waals surface area (Å²) in [4.78, 5) is 14.7. The van der Waals surface area contributed by atoms with Crippen LogP contribution in [-0.2, 0) is 17.6 Å². The van der Waals surface area contributed by atoms with Gasteiger partial charge < -0.3 is 9.52 Å². The van der Waals surface area contributed by atoms with Crippen molar-refractivity contribution in [3.8, 4) is 0 Å². The Morgan fingerprint density at radius 3 is 3.00 bits per heavy atom. The SMILES string of the molecule is O=C(O)Cc1coc(CC2CCSCC2)n1. The molecule has 0 radical (unpaired) electrons. The number of oxazole rings is 1. The highest BCUT2D eigenvalue weighted by Crippen LogP contribution is 2.25. The molecule has 0 saturated carbocycles. The predicted octanol–water partition coefficient (Wildman–Crippen LogP) is 1.99. The summed E-state index contributed by atoms with van der Waals surface area (Å²) in [5.74, 6) is 2.90. The Hall–Kier alpha value is -0.970. The van der Waals surface area contributed by atoms with Crippen molar-refractivity contribution in [1.29, 1.82) is 0 Å². The van der Waals surface area contributed by atoms with E-state index in [9.17, 15) is 4.79 Å². The number of carboxylic acid groups (broad SMARTS) is 1. The predicted molar refractivity (Wildman–Crippen MR) is 61.6 cm³/mol. The molecule has 1 saturated heterocycles. The van der Waals surface area contributed by atoms with Gasteiger partial charge >= 0.3 is 5.97 Å². The highest BCUT2D eigenvalue weighted by Gasteiger charge is 2.17. The number of carboxylic acids is 1. The molecule has 88 valence electrons. The van der Waals surface area contributed by atoms with Gasteiger partial charge in [-0.15, -0.1) is 0 Å². The number of rotatable bonds is 4. The van der Waals surface area contributed by atoms with Gasteiger partial charge in [0.1, 0.15) is 6.26 Å². The Morgan fingerprint density at radius 1 is 1.56 bits per heavy atom. The topological polar surface area (TPSA) is 63.3 Å². The van der Waals surface area contributed by atoms with Gasteiger partial charge in [-0.1, -0.05) is 0 Å². The number of hydrogen-bond acceptors (Lipinski definition) is 4. The van der Waals surface area contributed by atoms with Crippen molar-refractivity contribution < 1.29 is 14.3 Å². The van der Waals surface area contributed by atoms with Crippen LogP contribution in [0.3, 0.4) is 0 Å². The Morgan fingerprint density at radius 2 is 2.31 bits per heavy atom. The van der Waals surface area contributed by atoms with Gasteiger partial charge in [-0.05, 0) is 30.3 Å². The average Bonchev–Trinajstić information content (AvgIpc) is 2.66. The van der Waals surface area contributed by atoms with Gasteiger partial charge in [0.15, 0.2) is 5.89 Å². The van der Waals surface area contributed by atoms with Crippen molar-refractivity contribution >= 4 is 17.7 Å². The lowest BCUT2D eigenvalue weighted by Gasteiger charge is -2.19. The standard InChI is InChI=1S/C11H15NO3S/c13-11(14)6-9-7-15-10(12-9)5-8-1-3-16-4-2-8/h7-8H,1-6H2,(H,13,14). The first-order valence-corrected chi connectivity index (χ1v) is 6.62. The second-order valence-electron chi connectivity index (χ2n) is 4.06. The molecule has 5 heteroatoms. The molecule has 2 rings (SSSR count). The molecular formula is C11H15NO3S. The lowest BCUT2D eigenvalue weighted by atomic mass is 9.99. The van der Waals surface area contributed by atoms with E-state index in [0.717, 1.165) is 6.42 Å². The maximum atomic E-state index is 10.5. The van der Waals surface area contributed by atoms with Gasteiger partial charge in [-0.25, -0.2) is 4.98 Å². The monoisotopic (exact) mass is 241 g/mol. The summed E-state index contributed by atoms with van der Waals surface area (Å²) in [5.41, 5.74) is 0.521. The van der Waals surface area contributed by atoms with Gasteiger partial charge in [0.25, 0.3) is 0 Å². The van der Waals surface area contributed by atoms with Gasteiger partial charge in [-0.3, -0.25) is 4.79 Å². The van der Waals surface area contributed by atoms with Crippen molar-refractivity contribution in [3.63, 3.8) is 0 Å². The molecule has 0 aromatic carbocycles. The maximum absolute atomic E-state index is 10.5. The van der Waals surface area contributed by atoms with Crippen LogP contribution in [0.15, 0.2) is 10.7 Å². The summed E-state index contributed by atoms with van der Waals surface area (Å²) in [7, 11) is 0. The number of carbonyl (C=O) groups is 1. The lowest BCUT2D eigenvalue weighted by molar-refractivity contribution is -0.136. The van der Waals surface area contributed by atoms with E-state index >= 15 is 0 Å². The Balaban J connectivity index is 1.88. The van der Waals surface area contributed by atoms with Crippen LogP contribution in [0, 0.1) is 5.92 Å². The molecule has 16 heavy (non-hydrogen) atoms. The van der Waals surface area contributed by atoms with E-state index in [2.05, 4.69) is 4.98 Å².